The molecule has 0 fully saturated rings. The van der Waals surface area contributed by atoms with Gasteiger partial charge in [0.2, 0.25) is 5.78 Å². The zero-order valence-corrected chi connectivity index (χ0v) is 13.1. The van der Waals surface area contributed by atoms with Gasteiger partial charge in [-0.3, -0.25) is 9.59 Å². The summed E-state index contributed by atoms with van der Waals surface area (Å²) in [6.45, 7) is 2.13. The van der Waals surface area contributed by atoms with Crippen molar-refractivity contribution in [1.29, 1.82) is 0 Å². The Morgan fingerprint density at radius 2 is 1.50 bits per heavy atom. The Bertz CT molecular complexity index is 632. The number of benzene rings is 2. The number of carbonyl (C=O) groups is 2. The van der Waals surface area contributed by atoms with Crippen LogP contribution in [0.1, 0.15) is 24.5 Å². The molecule has 0 radical (unpaired) electrons. The van der Waals surface area contributed by atoms with Crippen LogP contribution in [0.4, 0.5) is 5.69 Å². The van der Waals surface area contributed by atoms with Crippen LogP contribution >= 0.6 is 0 Å². The summed E-state index contributed by atoms with van der Waals surface area (Å²) in [5.41, 5.74) is 2.85. The summed E-state index contributed by atoms with van der Waals surface area (Å²) in [4.78, 5) is 25.7. The van der Waals surface area contributed by atoms with Gasteiger partial charge < -0.3 is 4.90 Å². The van der Waals surface area contributed by atoms with Crippen molar-refractivity contribution in [1.82, 2.24) is 0 Å². The zero-order chi connectivity index (χ0) is 15.9. The van der Waals surface area contributed by atoms with Gasteiger partial charge in [0.05, 0.1) is 0 Å². The van der Waals surface area contributed by atoms with E-state index >= 15 is 0 Å². The van der Waals surface area contributed by atoms with Gasteiger partial charge in [0.1, 0.15) is 0 Å². The minimum Gasteiger partial charge on any atom is -0.309 e. The second-order valence-electron chi connectivity index (χ2n) is 5.37. The minimum atomic E-state index is -0.483. The molecule has 1 amide bonds. The molecule has 2 rings (SSSR count). The number of hydrogen-bond acceptors (Lipinski definition) is 2. The van der Waals surface area contributed by atoms with Crippen molar-refractivity contribution in [3.63, 3.8) is 0 Å². The molecule has 0 aliphatic carbocycles. The van der Waals surface area contributed by atoms with E-state index in [0.717, 1.165) is 24.1 Å². The summed E-state index contributed by atoms with van der Waals surface area (Å²) >= 11 is 0. The molecule has 0 bridgehead atoms. The largest absolute Gasteiger partial charge is 0.309 e. The van der Waals surface area contributed by atoms with Gasteiger partial charge in [-0.15, -0.1) is 0 Å². The summed E-state index contributed by atoms with van der Waals surface area (Å²) in [6.07, 6.45) is 2.27. The molecule has 0 N–H and O–H groups in total. The molecule has 114 valence electrons. The molecule has 0 aromatic heterocycles. The summed E-state index contributed by atoms with van der Waals surface area (Å²) in [7, 11) is 1.62. The molecular formula is C19H21NO2. The number of Topliss-reactive ketones (excluding diaryl/α,β-unsaturated/α-hetero) is 1. The third-order valence-corrected chi connectivity index (χ3v) is 3.61. The lowest BCUT2D eigenvalue weighted by Gasteiger charge is -2.16. The van der Waals surface area contributed by atoms with Gasteiger partial charge >= 0.3 is 0 Å². The maximum Gasteiger partial charge on any atom is 0.294 e. The van der Waals surface area contributed by atoms with E-state index in [1.165, 1.54) is 10.5 Å². The average Bonchev–Trinajstić information content (AvgIpc) is 2.56. The lowest BCUT2D eigenvalue weighted by Crippen LogP contribution is -2.34. The number of anilines is 1. The highest BCUT2D eigenvalue weighted by Gasteiger charge is 2.19. The van der Waals surface area contributed by atoms with Gasteiger partial charge in [-0.2, -0.15) is 0 Å². The van der Waals surface area contributed by atoms with E-state index in [4.69, 9.17) is 0 Å². The molecule has 2 aromatic carbocycles. The molecule has 0 unspecified atom stereocenters. The topological polar surface area (TPSA) is 37.4 Å². The van der Waals surface area contributed by atoms with Crippen molar-refractivity contribution in [2.45, 2.75) is 26.2 Å². The number of hydrogen-bond donors (Lipinski definition) is 0. The van der Waals surface area contributed by atoms with Crippen LogP contribution in [0.2, 0.25) is 0 Å². The second kappa shape index (κ2) is 7.55. The van der Waals surface area contributed by atoms with E-state index in [-0.39, 0.29) is 6.42 Å². The molecule has 0 aliphatic heterocycles. The number of ketones is 1. The van der Waals surface area contributed by atoms with Crippen LogP contribution in [0.25, 0.3) is 0 Å². The van der Waals surface area contributed by atoms with Gasteiger partial charge in [-0.25, -0.2) is 0 Å². The normalized spacial score (nSPS) is 10.3. The van der Waals surface area contributed by atoms with Gasteiger partial charge in [0, 0.05) is 19.2 Å². The van der Waals surface area contributed by atoms with E-state index in [1.54, 1.807) is 7.05 Å². The Kier molecular flexibility index (Phi) is 5.48. The standard InChI is InChI=1S/C19H21NO2/c1-3-7-15-10-12-16(13-11-15)14-18(21)19(22)20(2)17-8-5-4-6-9-17/h4-6,8-13H,3,7,14H2,1-2H3. The van der Waals surface area contributed by atoms with Crippen LogP contribution in [0.3, 0.4) is 0 Å². The number of aryl methyl sites for hydroxylation is 1. The van der Waals surface area contributed by atoms with Crippen LogP contribution < -0.4 is 4.90 Å². The predicted molar refractivity (Wildman–Crippen MR) is 89.0 cm³/mol. The summed E-state index contributed by atoms with van der Waals surface area (Å²) in [6, 6.07) is 17.1. The first-order chi connectivity index (χ1) is 10.6. The van der Waals surface area contributed by atoms with Crippen molar-refractivity contribution < 1.29 is 9.59 Å². The fourth-order valence-corrected chi connectivity index (χ4v) is 2.33. The molecule has 0 aliphatic rings. The van der Waals surface area contributed by atoms with Crippen LogP contribution in [0.15, 0.2) is 54.6 Å². The zero-order valence-electron chi connectivity index (χ0n) is 13.1. The Morgan fingerprint density at radius 3 is 2.09 bits per heavy atom. The average molecular weight is 295 g/mol. The first-order valence-electron chi connectivity index (χ1n) is 7.55. The molecule has 22 heavy (non-hydrogen) atoms. The SMILES string of the molecule is CCCc1ccc(CC(=O)C(=O)N(C)c2ccccc2)cc1. The minimum absolute atomic E-state index is 0.141. The van der Waals surface area contributed by atoms with Crippen molar-refractivity contribution in [3.8, 4) is 0 Å². The maximum atomic E-state index is 12.2. The van der Waals surface area contributed by atoms with E-state index < -0.39 is 11.7 Å². The highest BCUT2D eigenvalue weighted by molar-refractivity contribution is 6.41. The quantitative estimate of drug-likeness (QED) is 0.766. The lowest BCUT2D eigenvalue weighted by molar-refractivity contribution is -0.135. The number of rotatable bonds is 6. The molecule has 3 nitrogen and oxygen atoms in total. The summed E-state index contributed by atoms with van der Waals surface area (Å²) < 4.78 is 0. The van der Waals surface area contributed by atoms with Crippen LogP contribution in [0.5, 0.6) is 0 Å². The fourth-order valence-electron chi connectivity index (χ4n) is 2.33. The molecule has 2 aromatic rings. The Balaban J connectivity index is 2.00. The first-order valence-corrected chi connectivity index (χ1v) is 7.55. The second-order valence-corrected chi connectivity index (χ2v) is 5.37. The van der Waals surface area contributed by atoms with Crippen LogP contribution in [-0.2, 0) is 22.4 Å². The molecule has 3 heteroatoms. The van der Waals surface area contributed by atoms with Crippen LogP contribution in [0, 0.1) is 0 Å². The Morgan fingerprint density at radius 1 is 0.909 bits per heavy atom. The molecule has 0 saturated carbocycles. The van der Waals surface area contributed by atoms with E-state index in [2.05, 4.69) is 6.92 Å². The lowest BCUT2D eigenvalue weighted by atomic mass is 10.0. The molecule has 0 atom stereocenters. The summed E-state index contributed by atoms with van der Waals surface area (Å²) in [5, 5.41) is 0. The molecular weight excluding hydrogens is 274 g/mol. The number of para-hydroxylation sites is 1. The molecule has 0 saturated heterocycles. The van der Waals surface area contributed by atoms with Gasteiger partial charge in [-0.1, -0.05) is 55.8 Å². The number of carbonyl (C=O) groups excluding carboxylic acids is 2. The maximum absolute atomic E-state index is 12.2. The third kappa shape index (κ3) is 4.04. The fraction of sp³-hybridized carbons (Fsp3) is 0.263. The van der Waals surface area contributed by atoms with Gasteiger partial charge in [0.15, 0.2) is 0 Å². The van der Waals surface area contributed by atoms with Crippen molar-refractivity contribution in [2.75, 3.05) is 11.9 Å². The van der Waals surface area contributed by atoms with Gasteiger partial charge in [-0.05, 0) is 29.7 Å². The number of amides is 1. The van der Waals surface area contributed by atoms with Gasteiger partial charge in [0.25, 0.3) is 5.91 Å². The van der Waals surface area contributed by atoms with E-state index in [1.807, 2.05) is 54.6 Å². The van der Waals surface area contributed by atoms with Crippen molar-refractivity contribution in [3.05, 3.63) is 65.7 Å². The Hall–Kier alpha value is -2.42. The van der Waals surface area contributed by atoms with Crippen molar-refractivity contribution >= 4 is 17.4 Å². The van der Waals surface area contributed by atoms with E-state index in [9.17, 15) is 9.59 Å². The van der Waals surface area contributed by atoms with E-state index in [0.29, 0.717) is 0 Å². The third-order valence-electron chi connectivity index (χ3n) is 3.61. The van der Waals surface area contributed by atoms with Crippen molar-refractivity contribution in [2.24, 2.45) is 0 Å². The molecule has 0 spiro atoms. The van der Waals surface area contributed by atoms with Crippen LogP contribution in [-0.4, -0.2) is 18.7 Å². The highest BCUT2D eigenvalue weighted by Crippen LogP contribution is 2.13. The highest BCUT2D eigenvalue weighted by atomic mass is 16.2. The Labute approximate surface area is 131 Å². The summed E-state index contributed by atoms with van der Waals surface area (Å²) in [5.74, 6) is -0.876. The first kappa shape index (κ1) is 16.0. The predicted octanol–water partition coefficient (Wildman–Crippen LogP) is 3.41. The molecule has 0 heterocycles. The monoisotopic (exact) mass is 295 g/mol. The number of likely N-dealkylation sites (N-methyl/N-ethyl adjacent to an activating group) is 1. The smallest absolute Gasteiger partial charge is 0.294 e. The number of nitrogens with zero attached hydrogens (tertiary/aromatic N) is 1.